The van der Waals surface area contributed by atoms with Crippen molar-refractivity contribution < 1.29 is 9.53 Å². The van der Waals surface area contributed by atoms with Gasteiger partial charge in [0, 0.05) is 19.0 Å². The highest BCUT2D eigenvalue weighted by atomic mass is 16.5. The van der Waals surface area contributed by atoms with Gasteiger partial charge in [0.2, 0.25) is 0 Å². The smallest absolute Gasteiger partial charge is 0.309 e. The molecule has 0 bridgehead atoms. The summed E-state index contributed by atoms with van der Waals surface area (Å²) in [6, 6.07) is 0. The maximum atomic E-state index is 12.9. The number of carbonyl (C=O) groups is 1. The molecule has 1 N–H and O–H groups in total. The number of carbonyl (C=O) groups excluding carboxylic acids is 1. The lowest BCUT2D eigenvalue weighted by atomic mass is 9.47. The van der Waals surface area contributed by atoms with Crippen molar-refractivity contribution in [3.05, 3.63) is 29.9 Å². The van der Waals surface area contributed by atoms with Crippen LogP contribution in [0.15, 0.2) is 24.2 Å². The quantitative estimate of drug-likeness (QED) is 0.233. The van der Waals surface area contributed by atoms with Gasteiger partial charge in [-0.25, -0.2) is 4.98 Å². The van der Waals surface area contributed by atoms with E-state index < -0.39 is 0 Å². The summed E-state index contributed by atoms with van der Waals surface area (Å²) in [5.41, 5.74) is 3.35. The van der Waals surface area contributed by atoms with Crippen LogP contribution in [0.2, 0.25) is 0 Å². The van der Waals surface area contributed by atoms with Crippen LogP contribution >= 0.6 is 0 Å². The molecule has 3 fully saturated rings. The topological polar surface area (TPSA) is 55.0 Å². The van der Waals surface area contributed by atoms with Crippen molar-refractivity contribution >= 4 is 5.97 Å². The van der Waals surface area contributed by atoms with Gasteiger partial charge in [-0.05, 0) is 104 Å². The molecule has 0 aromatic carbocycles. The number of imidazole rings is 1. The Labute approximate surface area is 244 Å². The zero-order chi connectivity index (χ0) is 28.7. The molecule has 4 heteroatoms. The molecule has 4 aliphatic rings. The van der Waals surface area contributed by atoms with E-state index in [1.807, 2.05) is 13.1 Å². The first kappa shape index (κ1) is 29.9. The van der Waals surface area contributed by atoms with Crippen LogP contribution in [0.4, 0.5) is 0 Å². The van der Waals surface area contributed by atoms with Crippen molar-refractivity contribution in [2.75, 3.05) is 0 Å². The number of hydrogen-bond donors (Lipinski definition) is 1. The Balaban J connectivity index is 1.21. The molecule has 5 rings (SSSR count). The van der Waals surface area contributed by atoms with E-state index >= 15 is 0 Å². The third-order valence-electron chi connectivity index (χ3n) is 13.0. The van der Waals surface area contributed by atoms with E-state index in [0.717, 1.165) is 60.0 Å². The number of hydrogen-bond acceptors (Lipinski definition) is 3. The van der Waals surface area contributed by atoms with Crippen molar-refractivity contribution in [1.82, 2.24) is 9.97 Å². The van der Waals surface area contributed by atoms with Crippen molar-refractivity contribution in [2.24, 2.45) is 58.2 Å². The van der Waals surface area contributed by atoms with Gasteiger partial charge in [0.05, 0.1) is 17.9 Å². The Morgan fingerprint density at radius 1 is 1.07 bits per heavy atom. The minimum absolute atomic E-state index is 0.0355. The van der Waals surface area contributed by atoms with E-state index in [9.17, 15) is 4.79 Å². The second-order valence-corrected chi connectivity index (χ2v) is 15.4. The molecule has 1 aromatic rings. The summed E-state index contributed by atoms with van der Waals surface area (Å²) >= 11 is 0. The normalized spacial score (nSPS) is 37.6. The van der Waals surface area contributed by atoms with Crippen molar-refractivity contribution in [2.45, 2.75) is 132 Å². The minimum atomic E-state index is -0.159. The zero-order valence-electron chi connectivity index (χ0n) is 26.7. The summed E-state index contributed by atoms with van der Waals surface area (Å²) in [6.07, 6.45) is 21.1. The zero-order valence-corrected chi connectivity index (χ0v) is 26.7. The van der Waals surface area contributed by atoms with Gasteiger partial charge in [-0.15, -0.1) is 0 Å². The summed E-state index contributed by atoms with van der Waals surface area (Å²) in [4.78, 5) is 20.2. The first-order chi connectivity index (χ1) is 19.1. The number of nitrogens with zero attached hydrogens (tertiary/aromatic N) is 1. The van der Waals surface area contributed by atoms with Crippen molar-refractivity contribution in [1.29, 1.82) is 0 Å². The number of esters is 1. The lowest BCUT2D eigenvalue weighted by Gasteiger charge is -2.58. The standard InChI is InChI=1S/C36H58N2O2/c1-8-26(23(2)3)10-9-24(4)31-13-14-32-30-12-11-27-20-29(40-34(39)25(5)19-28-21-37-22-38-28)15-17-35(27,6)33(30)16-18-36(31,32)7/h11,21-26,29-33H,8-10,12-20H2,1-7H3,(H,37,38)/t24-,25?,26-,29+,30+,31-,32+,33+,35+,36-/m1/s1. The number of nitrogens with one attached hydrogen (secondary N) is 1. The van der Waals surface area contributed by atoms with Gasteiger partial charge in [0.25, 0.3) is 0 Å². The second-order valence-electron chi connectivity index (χ2n) is 15.4. The first-order valence-electron chi connectivity index (χ1n) is 16.9. The van der Waals surface area contributed by atoms with E-state index in [0.29, 0.717) is 17.3 Å². The van der Waals surface area contributed by atoms with Crippen LogP contribution in [0.3, 0.4) is 0 Å². The summed E-state index contributed by atoms with van der Waals surface area (Å²) < 4.78 is 6.10. The van der Waals surface area contributed by atoms with Gasteiger partial charge in [-0.1, -0.05) is 73.0 Å². The maximum absolute atomic E-state index is 12.9. The number of aromatic amines is 1. The summed E-state index contributed by atoms with van der Waals surface area (Å²) in [5, 5.41) is 0. The molecule has 10 atom stereocenters. The number of aromatic nitrogens is 2. The number of H-pyrrole nitrogens is 1. The fourth-order valence-electron chi connectivity index (χ4n) is 10.5. The molecule has 0 aliphatic heterocycles. The molecule has 4 nitrogen and oxygen atoms in total. The SMILES string of the molecule is CC[C@H](CC[C@@H](C)[C@H]1CC[C@H]2[C@@H]3CC=C4C[C@@H](OC(=O)C(C)Cc5c[nH]cn5)CC[C@]4(C)[C@H]3CC[C@]12C)C(C)C. The van der Waals surface area contributed by atoms with Crippen LogP contribution in [0.25, 0.3) is 0 Å². The van der Waals surface area contributed by atoms with Crippen LogP contribution in [-0.4, -0.2) is 22.0 Å². The van der Waals surface area contributed by atoms with E-state index in [2.05, 4.69) is 57.6 Å². The van der Waals surface area contributed by atoms with E-state index in [4.69, 9.17) is 4.74 Å². The molecule has 1 aromatic heterocycles. The summed E-state index contributed by atoms with van der Waals surface area (Å²) in [5.74, 6) is 5.77. The largest absolute Gasteiger partial charge is 0.462 e. The summed E-state index contributed by atoms with van der Waals surface area (Å²) in [6.45, 7) is 17.0. The molecule has 1 heterocycles. The highest BCUT2D eigenvalue weighted by molar-refractivity contribution is 5.72. The number of fused-ring (bicyclic) bond motifs is 5. The van der Waals surface area contributed by atoms with Gasteiger partial charge in [-0.2, -0.15) is 0 Å². The predicted molar refractivity (Wildman–Crippen MR) is 164 cm³/mol. The first-order valence-corrected chi connectivity index (χ1v) is 16.9. The van der Waals surface area contributed by atoms with Gasteiger partial charge >= 0.3 is 5.97 Å². The number of ether oxygens (including phenoxy) is 1. The molecule has 0 radical (unpaired) electrons. The van der Waals surface area contributed by atoms with Crippen LogP contribution in [0, 0.1) is 58.2 Å². The van der Waals surface area contributed by atoms with E-state index in [1.54, 1.807) is 11.9 Å². The van der Waals surface area contributed by atoms with Crippen molar-refractivity contribution in [3.63, 3.8) is 0 Å². The average molecular weight is 551 g/mol. The summed E-state index contributed by atoms with van der Waals surface area (Å²) in [7, 11) is 0. The third kappa shape index (κ3) is 5.59. The Kier molecular flexibility index (Phi) is 8.94. The van der Waals surface area contributed by atoms with Gasteiger partial charge < -0.3 is 9.72 Å². The molecule has 0 amide bonds. The van der Waals surface area contributed by atoms with Crippen LogP contribution in [-0.2, 0) is 16.0 Å². The molecule has 3 saturated carbocycles. The van der Waals surface area contributed by atoms with Crippen LogP contribution < -0.4 is 0 Å². The van der Waals surface area contributed by atoms with Gasteiger partial charge in [-0.3, -0.25) is 4.79 Å². The molecule has 0 saturated heterocycles. The molecular formula is C36H58N2O2. The second kappa shape index (κ2) is 12.0. The predicted octanol–water partition coefficient (Wildman–Crippen LogP) is 9.18. The lowest BCUT2D eigenvalue weighted by molar-refractivity contribution is -0.155. The maximum Gasteiger partial charge on any atom is 0.309 e. The van der Waals surface area contributed by atoms with Crippen LogP contribution in [0.1, 0.15) is 125 Å². The average Bonchev–Trinajstić information content (AvgIpc) is 3.56. The van der Waals surface area contributed by atoms with Crippen LogP contribution in [0.5, 0.6) is 0 Å². The van der Waals surface area contributed by atoms with Gasteiger partial charge in [0.15, 0.2) is 0 Å². The molecule has 224 valence electrons. The van der Waals surface area contributed by atoms with E-state index in [-0.39, 0.29) is 18.0 Å². The molecule has 40 heavy (non-hydrogen) atoms. The molecular weight excluding hydrogens is 492 g/mol. The Bertz CT molecular complexity index is 1030. The number of rotatable bonds is 10. The highest BCUT2D eigenvalue weighted by Crippen LogP contribution is 2.67. The highest BCUT2D eigenvalue weighted by Gasteiger charge is 2.59. The van der Waals surface area contributed by atoms with Gasteiger partial charge in [0.1, 0.15) is 6.10 Å². The minimum Gasteiger partial charge on any atom is -0.462 e. The monoisotopic (exact) mass is 550 g/mol. The molecule has 4 aliphatic carbocycles. The Morgan fingerprint density at radius 2 is 1.88 bits per heavy atom. The number of allylic oxidation sites excluding steroid dienone is 1. The Hall–Kier alpha value is -1.58. The van der Waals surface area contributed by atoms with Crippen molar-refractivity contribution in [3.8, 4) is 0 Å². The Morgan fingerprint density at radius 3 is 2.58 bits per heavy atom. The van der Waals surface area contributed by atoms with E-state index in [1.165, 1.54) is 57.8 Å². The fourth-order valence-corrected chi connectivity index (χ4v) is 10.5. The fraction of sp³-hybridized carbons (Fsp3) is 0.833. The molecule has 1 unspecified atom stereocenters. The lowest BCUT2D eigenvalue weighted by Crippen LogP contribution is -2.51. The third-order valence-corrected chi connectivity index (χ3v) is 13.0. The molecule has 0 spiro atoms.